The summed E-state index contributed by atoms with van der Waals surface area (Å²) in [7, 11) is -3.73. The van der Waals surface area contributed by atoms with Gasteiger partial charge in [-0.2, -0.15) is 0 Å². The Morgan fingerprint density at radius 2 is 1.84 bits per heavy atom. The van der Waals surface area contributed by atoms with E-state index in [0.29, 0.717) is 30.4 Å². The average Bonchev–Trinajstić information content (AvgIpc) is 2.71. The Labute approximate surface area is 183 Å². The van der Waals surface area contributed by atoms with Gasteiger partial charge in [-0.15, -0.1) is 0 Å². The van der Waals surface area contributed by atoms with E-state index in [1.807, 2.05) is 32.0 Å². The fraction of sp³-hybridized carbons (Fsp3) is 0.409. The number of hydrogen-bond donors (Lipinski definition) is 1. The molecule has 8 nitrogen and oxygen atoms in total. The van der Waals surface area contributed by atoms with Crippen molar-refractivity contribution < 1.29 is 27.4 Å². The van der Waals surface area contributed by atoms with Crippen molar-refractivity contribution in [1.29, 1.82) is 0 Å². The Hall–Kier alpha value is -2.94. The highest BCUT2D eigenvalue weighted by atomic mass is 32.2. The second-order valence-corrected chi connectivity index (χ2v) is 9.33. The molecule has 0 saturated heterocycles. The highest BCUT2D eigenvalue weighted by molar-refractivity contribution is 7.92. The van der Waals surface area contributed by atoms with Crippen LogP contribution in [0, 0.1) is 13.8 Å². The first kappa shape index (κ1) is 22.7. The summed E-state index contributed by atoms with van der Waals surface area (Å²) in [6.07, 6.45) is 1.07. The maximum atomic E-state index is 12.7. The summed E-state index contributed by atoms with van der Waals surface area (Å²) in [5, 5.41) is 2.74. The van der Waals surface area contributed by atoms with E-state index in [0.717, 1.165) is 27.4 Å². The van der Waals surface area contributed by atoms with Gasteiger partial charge in [-0.3, -0.25) is 9.10 Å². The molecular formula is C22H28N2O6S. The monoisotopic (exact) mass is 448 g/mol. The van der Waals surface area contributed by atoms with Gasteiger partial charge in [0, 0.05) is 6.07 Å². The van der Waals surface area contributed by atoms with Gasteiger partial charge in [-0.1, -0.05) is 17.7 Å². The summed E-state index contributed by atoms with van der Waals surface area (Å²) in [6, 6.07) is 9.73. The van der Waals surface area contributed by atoms with E-state index in [1.165, 1.54) is 6.92 Å². The summed E-state index contributed by atoms with van der Waals surface area (Å²) in [6.45, 7) is 6.84. The Kier molecular flexibility index (Phi) is 6.94. The number of anilines is 1. The highest BCUT2D eigenvalue weighted by Crippen LogP contribution is 2.35. The molecular weight excluding hydrogens is 420 g/mol. The lowest BCUT2D eigenvalue weighted by molar-refractivity contribution is -0.121. The van der Waals surface area contributed by atoms with E-state index in [2.05, 4.69) is 5.32 Å². The number of ether oxygens (including phenoxy) is 3. The molecule has 1 aliphatic heterocycles. The van der Waals surface area contributed by atoms with Crippen molar-refractivity contribution in [2.75, 3.05) is 36.9 Å². The van der Waals surface area contributed by atoms with Crippen molar-refractivity contribution in [3.63, 3.8) is 0 Å². The zero-order valence-electron chi connectivity index (χ0n) is 18.2. The van der Waals surface area contributed by atoms with Gasteiger partial charge in [-0.05, 0) is 44.5 Å². The van der Waals surface area contributed by atoms with Gasteiger partial charge in [0.2, 0.25) is 15.9 Å². The molecule has 1 amide bonds. The third-order valence-corrected chi connectivity index (χ3v) is 6.10. The van der Waals surface area contributed by atoms with Crippen molar-refractivity contribution in [1.82, 2.24) is 5.32 Å². The summed E-state index contributed by atoms with van der Waals surface area (Å²) < 4.78 is 42.8. The molecule has 1 atom stereocenters. The van der Waals surface area contributed by atoms with Crippen molar-refractivity contribution in [2.24, 2.45) is 0 Å². The number of benzene rings is 2. The lowest BCUT2D eigenvalue weighted by atomic mass is 10.1. The first-order valence-electron chi connectivity index (χ1n) is 10.0. The number of hydrogen-bond acceptors (Lipinski definition) is 6. The van der Waals surface area contributed by atoms with E-state index < -0.39 is 22.0 Å². The van der Waals surface area contributed by atoms with Crippen LogP contribution in [0.25, 0.3) is 0 Å². The number of nitrogens with zero attached hydrogens (tertiary/aromatic N) is 1. The molecule has 0 fully saturated rings. The predicted octanol–water partition coefficient (Wildman–Crippen LogP) is 2.42. The fourth-order valence-corrected chi connectivity index (χ4v) is 4.59. The molecule has 0 unspecified atom stereocenters. The molecule has 168 valence electrons. The summed E-state index contributed by atoms with van der Waals surface area (Å²) in [5.41, 5.74) is 2.49. The number of aryl methyl sites for hydroxylation is 2. The van der Waals surface area contributed by atoms with Crippen molar-refractivity contribution in [3.05, 3.63) is 47.5 Å². The number of carbonyl (C=O) groups excluding carboxylic acids is 1. The number of carbonyl (C=O) groups is 1. The standard InChI is InChI=1S/C22H28N2O6S/c1-15-5-7-19(16(2)13-15)28-10-9-23-22(25)17(3)24(31(4,26)27)18-6-8-20-21(14-18)30-12-11-29-20/h5-8,13-14,17H,9-12H2,1-4H3,(H,23,25)/t17-/m0/s1. The lowest BCUT2D eigenvalue weighted by Gasteiger charge is -2.29. The molecule has 9 heteroatoms. The number of amides is 1. The third kappa shape index (κ3) is 5.61. The van der Waals surface area contributed by atoms with Crippen LogP contribution >= 0.6 is 0 Å². The molecule has 0 spiro atoms. The van der Waals surface area contributed by atoms with Crippen LogP contribution in [0.5, 0.6) is 17.2 Å². The van der Waals surface area contributed by atoms with Crippen LogP contribution in [0.3, 0.4) is 0 Å². The number of sulfonamides is 1. The minimum Gasteiger partial charge on any atom is -0.491 e. The Morgan fingerprint density at radius 1 is 1.13 bits per heavy atom. The number of fused-ring (bicyclic) bond motifs is 1. The molecule has 2 aromatic carbocycles. The van der Waals surface area contributed by atoms with E-state index in [9.17, 15) is 13.2 Å². The van der Waals surface area contributed by atoms with Gasteiger partial charge in [0.05, 0.1) is 18.5 Å². The van der Waals surface area contributed by atoms with Crippen LogP contribution in [-0.4, -0.2) is 53.0 Å². The van der Waals surface area contributed by atoms with E-state index >= 15 is 0 Å². The van der Waals surface area contributed by atoms with E-state index in [1.54, 1.807) is 18.2 Å². The summed E-state index contributed by atoms with van der Waals surface area (Å²) in [5.74, 6) is 1.32. The molecule has 2 aromatic rings. The van der Waals surface area contributed by atoms with E-state index in [-0.39, 0.29) is 13.2 Å². The molecule has 0 aromatic heterocycles. The van der Waals surface area contributed by atoms with Crippen LogP contribution in [0.1, 0.15) is 18.1 Å². The van der Waals surface area contributed by atoms with Gasteiger partial charge in [0.1, 0.15) is 31.6 Å². The second-order valence-electron chi connectivity index (χ2n) is 7.47. The third-order valence-electron chi connectivity index (χ3n) is 4.86. The SMILES string of the molecule is Cc1ccc(OCCNC(=O)[C@H](C)N(c2ccc3c(c2)OCCO3)S(C)(=O)=O)c(C)c1. The topological polar surface area (TPSA) is 94.2 Å². The molecule has 3 rings (SSSR count). The first-order valence-corrected chi connectivity index (χ1v) is 11.9. The maximum Gasteiger partial charge on any atom is 0.243 e. The lowest BCUT2D eigenvalue weighted by Crippen LogP contribution is -2.48. The normalized spacial score (nSPS) is 13.9. The Balaban J connectivity index is 1.64. The Morgan fingerprint density at radius 3 is 2.52 bits per heavy atom. The number of nitrogens with one attached hydrogen (secondary N) is 1. The molecule has 31 heavy (non-hydrogen) atoms. The zero-order valence-corrected chi connectivity index (χ0v) is 19.0. The van der Waals surface area contributed by atoms with Crippen LogP contribution in [0.2, 0.25) is 0 Å². The van der Waals surface area contributed by atoms with Crippen LogP contribution in [-0.2, 0) is 14.8 Å². The van der Waals surface area contributed by atoms with Gasteiger partial charge < -0.3 is 19.5 Å². The van der Waals surface area contributed by atoms with Crippen LogP contribution in [0.15, 0.2) is 36.4 Å². The first-order chi connectivity index (χ1) is 14.7. The fourth-order valence-electron chi connectivity index (χ4n) is 3.42. The molecule has 1 N–H and O–H groups in total. The van der Waals surface area contributed by atoms with Crippen molar-refractivity contribution in [3.8, 4) is 17.2 Å². The van der Waals surface area contributed by atoms with E-state index in [4.69, 9.17) is 14.2 Å². The molecule has 0 aliphatic carbocycles. The molecule has 0 radical (unpaired) electrons. The second kappa shape index (κ2) is 9.47. The maximum absolute atomic E-state index is 12.7. The van der Waals surface area contributed by atoms with Gasteiger partial charge >= 0.3 is 0 Å². The van der Waals surface area contributed by atoms with Crippen LogP contribution < -0.4 is 23.8 Å². The largest absolute Gasteiger partial charge is 0.491 e. The van der Waals surface area contributed by atoms with Crippen molar-refractivity contribution in [2.45, 2.75) is 26.8 Å². The van der Waals surface area contributed by atoms with Gasteiger partial charge in [0.25, 0.3) is 0 Å². The van der Waals surface area contributed by atoms with Gasteiger partial charge in [0.15, 0.2) is 11.5 Å². The van der Waals surface area contributed by atoms with Gasteiger partial charge in [-0.25, -0.2) is 8.42 Å². The number of rotatable bonds is 8. The molecule has 0 saturated carbocycles. The minimum absolute atomic E-state index is 0.245. The smallest absolute Gasteiger partial charge is 0.243 e. The van der Waals surface area contributed by atoms with Crippen LogP contribution in [0.4, 0.5) is 5.69 Å². The summed E-state index contributed by atoms with van der Waals surface area (Å²) in [4.78, 5) is 12.7. The molecule has 1 aliphatic rings. The predicted molar refractivity (Wildman–Crippen MR) is 119 cm³/mol. The zero-order chi connectivity index (χ0) is 22.6. The molecule has 1 heterocycles. The average molecular weight is 449 g/mol. The highest BCUT2D eigenvalue weighted by Gasteiger charge is 2.30. The Bertz CT molecular complexity index is 1050. The van der Waals surface area contributed by atoms with Crippen molar-refractivity contribution >= 4 is 21.6 Å². The quantitative estimate of drug-likeness (QED) is 0.624. The minimum atomic E-state index is -3.73. The molecule has 0 bridgehead atoms. The summed E-state index contributed by atoms with van der Waals surface area (Å²) >= 11 is 0.